The van der Waals surface area contributed by atoms with E-state index in [2.05, 4.69) is 0 Å². The zero-order chi connectivity index (χ0) is 19.6. The highest BCUT2D eigenvalue weighted by Gasteiger charge is 2.34. The average Bonchev–Trinajstić information content (AvgIpc) is 2.68. The van der Waals surface area contributed by atoms with Gasteiger partial charge in [0.25, 0.3) is 5.91 Å². The number of nitrogens with zero attached hydrogens (tertiary/aromatic N) is 3. The van der Waals surface area contributed by atoms with Crippen LogP contribution < -0.4 is 0 Å². The number of rotatable bonds is 3. The number of carbonyl (C=O) groups is 1. The summed E-state index contributed by atoms with van der Waals surface area (Å²) in [6.45, 7) is 2.35. The van der Waals surface area contributed by atoms with Gasteiger partial charge < -0.3 is 4.90 Å². The minimum atomic E-state index is -3.70. The Labute approximate surface area is 157 Å². The van der Waals surface area contributed by atoms with E-state index >= 15 is 0 Å². The second-order valence-corrected chi connectivity index (χ2v) is 8.29. The molecule has 1 fully saturated rings. The van der Waals surface area contributed by atoms with Crippen LogP contribution in [0.15, 0.2) is 53.4 Å². The summed E-state index contributed by atoms with van der Waals surface area (Å²) in [6.07, 6.45) is 0. The molecule has 1 unspecified atom stereocenters. The molecule has 1 heterocycles. The van der Waals surface area contributed by atoms with Crippen molar-refractivity contribution in [1.82, 2.24) is 9.21 Å². The molecule has 2 aromatic rings. The van der Waals surface area contributed by atoms with Crippen LogP contribution in [0.25, 0.3) is 0 Å². The van der Waals surface area contributed by atoms with Gasteiger partial charge in [-0.05, 0) is 55.5 Å². The van der Waals surface area contributed by atoms with Crippen molar-refractivity contribution in [3.05, 3.63) is 65.5 Å². The fourth-order valence-electron chi connectivity index (χ4n) is 3.05. The van der Waals surface area contributed by atoms with E-state index in [-0.39, 0.29) is 36.5 Å². The summed E-state index contributed by atoms with van der Waals surface area (Å²) in [5.74, 6) is -0.671. The van der Waals surface area contributed by atoms with Crippen LogP contribution in [0.4, 0.5) is 4.39 Å². The van der Waals surface area contributed by atoms with Crippen LogP contribution in [0.1, 0.15) is 22.8 Å². The van der Waals surface area contributed by atoms with Crippen molar-refractivity contribution in [2.45, 2.75) is 17.9 Å². The normalized spacial score (nSPS) is 18.1. The van der Waals surface area contributed by atoms with Gasteiger partial charge in [0.15, 0.2) is 0 Å². The zero-order valence-electron chi connectivity index (χ0n) is 14.7. The lowest BCUT2D eigenvalue weighted by molar-refractivity contribution is 0.0591. The minimum absolute atomic E-state index is 0.118. The number of benzene rings is 2. The second-order valence-electron chi connectivity index (χ2n) is 6.35. The topological polar surface area (TPSA) is 81.5 Å². The molecule has 0 spiro atoms. The molecule has 0 saturated carbocycles. The highest BCUT2D eigenvalue weighted by molar-refractivity contribution is 7.89. The molecular weight excluding hydrogens is 369 g/mol. The standard InChI is InChI=1S/C19H18FN3O3S/c1-14-13-22(27(25,26)18-8-2-15(12-21)3-9-18)10-11-23(14)19(24)16-4-6-17(20)7-5-16/h2-9,14H,10-11,13H2,1H3. The maximum Gasteiger partial charge on any atom is 0.254 e. The zero-order valence-corrected chi connectivity index (χ0v) is 15.5. The monoisotopic (exact) mass is 387 g/mol. The van der Waals surface area contributed by atoms with Crippen molar-refractivity contribution >= 4 is 15.9 Å². The van der Waals surface area contributed by atoms with Gasteiger partial charge in [-0.3, -0.25) is 4.79 Å². The molecule has 1 atom stereocenters. The number of carbonyl (C=O) groups excluding carboxylic acids is 1. The summed E-state index contributed by atoms with van der Waals surface area (Å²) in [4.78, 5) is 14.3. The first-order valence-corrected chi connectivity index (χ1v) is 9.84. The molecule has 0 aromatic heterocycles. The SMILES string of the molecule is CC1CN(S(=O)(=O)c2ccc(C#N)cc2)CCN1C(=O)c1ccc(F)cc1. The van der Waals surface area contributed by atoms with Crippen molar-refractivity contribution in [3.8, 4) is 6.07 Å². The van der Waals surface area contributed by atoms with Crippen LogP contribution in [0.2, 0.25) is 0 Å². The third-order valence-corrected chi connectivity index (χ3v) is 6.44. The molecule has 3 rings (SSSR count). The first kappa shape index (κ1) is 19.0. The highest BCUT2D eigenvalue weighted by Crippen LogP contribution is 2.22. The van der Waals surface area contributed by atoms with Crippen LogP contribution in [-0.2, 0) is 10.0 Å². The van der Waals surface area contributed by atoms with Crippen LogP contribution in [0.3, 0.4) is 0 Å². The first-order chi connectivity index (χ1) is 12.8. The van der Waals surface area contributed by atoms with Crippen molar-refractivity contribution < 1.29 is 17.6 Å². The number of piperazine rings is 1. The molecule has 1 amide bonds. The molecular formula is C19H18FN3O3S. The van der Waals surface area contributed by atoms with Gasteiger partial charge in [0, 0.05) is 31.2 Å². The van der Waals surface area contributed by atoms with Crippen LogP contribution >= 0.6 is 0 Å². The van der Waals surface area contributed by atoms with Gasteiger partial charge in [-0.1, -0.05) is 0 Å². The van der Waals surface area contributed by atoms with E-state index in [0.717, 1.165) is 0 Å². The summed E-state index contributed by atoms with van der Waals surface area (Å²) in [5, 5.41) is 8.84. The predicted molar refractivity (Wildman–Crippen MR) is 96.8 cm³/mol. The Morgan fingerprint density at radius 1 is 1.11 bits per heavy atom. The number of hydrogen-bond acceptors (Lipinski definition) is 4. The van der Waals surface area contributed by atoms with Crippen LogP contribution in [0, 0.1) is 17.1 Å². The fraction of sp³-hybridized carbons (Fsp3) is 0.263. The van der Waals surface area contributed by atoms with Gasteiger partial charge in [0.2, 0.25) is 10.0 Å². The van der Waals surface area contributed by atoms with E-state index in [1.165, 1.54) is 52.8 Å². The van der Waals surface area contributed by atoms with Crippen molar-refractivity contribution in [3.63, 3.8) is 0 Å². The lowest BCUT2D eigenvalue weighted by Gasteiger charge is -2.39. The molecule has 2 aromatic carbocycles. The van der Waals surface area contributed by atoms with E-state index in [0.29, 0.717) is 11.1 Å². The van der Waals surface area contributed by atoms with Crippen LogP contribution in [0.5, 0.6) is 0 Å². The Balaban J connectivity index is 1.74. The molecule has 1 saturated heterocycles. The summed E-state index contributed by atoms with van der Waals surface area (Å²) < 4.78 is 40.0. The average molecular weight is 387 g/mol. The molecule has 0 aliphatic carbocycles. The number of sulfonamides is 1. The number of hydrogen-bond donors (Lipinski definition) is 0. The highest BCUT2D eigenvalue weighted by atomic mass is 32.2. The lowest BCUT2D eigenvalue weighted by Crippen LogP contribution is -2.55. The van der Waals surface area contributed by atoms with E-state index in [4.69, 9.17) is 5.26 Å². The van der Waals surface area contributed by atoms with E-state index in [1.807, 2.05) is 6.07 Å². The molecule has 0 bridgehead atoms. The first-order valence-electron chi connectivity index (χ1n) is 8.40. The molecule has 6 nitrogen and oxygen atoms in total. The number of halogens is 1. The fourth-order valence-corrected chi connectivity index (χ4v) is 4.57. The maximum atomic E-state index is 13.0. The third-order valence-electron chi connectivity index (χ3n) is 4.56. The molecule has 27 heavy (non-hydrogen) atoms. The molecule has 0 N–H and O–H groups in total. The molecule has 1 aliphatic heterocycles. The largest absolute Gasteiger partial charge is 0.333 e. The maximum absolute atomic E-state index is 13.0. The summed E-state index contributed by atoms with van der Waals surface area (Å²) >= 11 is 0. The van der Waals surface area contributed by atoms with Gasteiger partial charge in [-0.2, -0.15) is 9.57 Å². The Bertz CT molecular complexity index is 982. The quantitative estimate of drug-likeness (QED) is 0.809. The van der Waals surface area contributed by atoms with E-state index in [1.54, 1.807) is 11.8 Å². The van der Waals surface area contributed by atoms with E-state index < -0.39 is 15.8 Å². The smallest absolute Gasteiger partial charge is 0.254 e. The van der Waals surface area contributed by atoms with E-state index in [9.17, 15) is 17.6 Å². The van der Waals surface area contributed by atoms with Gasteiger partial charge in [-0.25, -0.2) is 12.8 Å². The van der Waals surface area contributed by atoms with Crippen molar-refractivity contribution in [2.24, 2.45) is 0 Å². The minimum Gasteiger partial charge on any atom is -0.333 e. The van der Waals surface area contributed by atoms with Gasteiger partial charge >= 0.3 is 0 Å². The Hall–Kier alpha value is -2.76. The lowest BCUT2D eigenvalue weighted by atomic mass is 10.1. The van der Waals surface area contributed by atoms with Crippen LogP contribution in [-0.4, -0.2) is 49.2 Å². The molecule has 140 valence electrons. The summed E-state index contributed by atoms with van der Waals surface area (Å²) in [5.41, 5.74) is 0.753. The summed E-state index contributed by atoms with van der Waals surface area (Å²) in [6, 6.07) is 12.7. The molecule has 0 radical (unpaired) electrons. The molecule has 8 heteroatoms. The summed E-state index contributed by atoms with van der Waals surface area (Å²) in [7, 11) is -3.70. The predicted octanol–water partition coefficient (Wildman–Crippen LogP) is 2.23. The number of amides is 1. The van der Waals surface area contributed by atoms with Crippen molar-refractivity contribution in [1.29, 1.82) is 5.26 Å². The van der Waals surface area contributed by atoms with Gasteiger partial charge in [0.05, 0.1) is 16.5 Å². The van der Waals surface area contributed by atoms with Gasteiger partial charge in [0.1, 0.15) is 5.82 Å². The second kappa shape index (κ2) is 7.47. The number of nitriles is 1. The molecule has 1 aliphatic rings. The van der Waals surface area contributed by atoms with Gasteiger partial charge in [-0.15, -0.1) is 0 Å². The Morgan fingerprint density at radius 3 is 2.30 bits per heavy atom. The third kappa shape index (κ3) is 3.84. The Kier molecular flexibility index (Phi) is 5.26. The van der Waals surface area contributed by atoms with Crippen molar-refractivity contribution in [2.75, 3.05) is 19.6 Å². The Morgan fingerprint density at radius 2 is 1.74 bits per heavy atom.